The Balaban J connectivity index is 0.000000138. The van der Waals surface area contributed by atoms with Crippen LogP contribution in [0.15, 0.2) is 58.1 Å². The molecular weight excluding hydrogens is 532 g/mol. The molecule has 2 aromatic carbocycles. The van der Waals surface area contributed by atoms with Gasteiger partial charge in [0, 0.05) is 29.2 Å². The molecule has 0 bridgehead atoms. The van der Waals surface area contributed by atoms with Crippen LogP contribution in [-0.4, -0.2) is 45.2 Å². The first kappa shape index (κ1) is 27.0. The normalized spacial score (nSPS) is 30.9. The second kappa shape index (κ2) is 10.2. The third-order valence-electron chi connectivity index (χ3n) is 10.5. The fourth-order valence-corrected chi connectivity index (χ4v) is 8.53. The lowest BCUT2D eigenvalue weighted by molar-refractivity contribution is -0.159. The first-order valence-electron chi connectivity index (χ1n) is 15.0. The Kier molecular flexibility index (Phi) is 6.53. The largest absolute Gasteiger partial charge is 0.469 e. The molecule has 9 heteroatoms. The number of esters is 1. The van der Waals surface area contributed by atoms with Crippen molar-refractivity contribution in [2.75, 3.05) is 13.7 Å². The maximum atomic E-state index is 11.8. The molecule has 4 saturated carbocycles. The number of nitrogens with zero attached hydrogens (tertiary/aromatic N) is 2. The summed E-state index contributed by atoms with van der Waals surface area (Å²) < 4.78 is 4.81. The van der Waals surface area contributed by atoms with Crippen molar-refractivity contribution in [2.24, 2.45) is 22.7 Å². The summed E-state index contributed by atoms with van der Waals surface area (Å²) in [5.41, 5.74) is 2.53. The molecule has 4 aromatic rings. The average molecular weight is 569 g/mol. The van der Waals surface area contributed by atoms with Crippen molar-refractivity contribution in [1.29, 1.82) is 0 Å². The molecule has 8 rings (SSSR count). The molecular formula is C33H36N4O5. The van der Waals surface area contributed by atoms with E-state index < -0.39 is 0 Å². The zero-order valence-corrected chi connectivity index (χ0v) is 23.8. The van der Waals surface area contributed by atoms with E-state index in [1.807, 2.05) is 48.5 Å². The summed E-state index contributed by atoms with van der Waals surface area (Å²) in [6.07, 6.45) is 8.55. The highest BCUT2D eigenvalue weighted by Gasteiger charge is 2.56. The summed E-state index contributed by atoms with van der Waals surface area (Å²) >= 11 is 0. The van der Waals surface area contributed by atoms with E-state index in [0.29, 0.717) is 40.6 Å². The lowest BCUT2D eigenvalue weighted by Gasteiger charge is -2.57. The molecule has 2 aromatic heterocycles. The number of hydrogen-bond donors (Lipinski definition) is 3. The van der Waals surface area contributed by atoms with Gasteiger partial charge in [-0.15, -0.1) is 0 Å². The van der Waals surface area contributed by atoms with Crippen LogP contribution in [0.5, 0.6) is 0 Å². The number of hydrogen-bond acceptors (Lipinski definition) is 7. The molecule has 0 radical (unpaired) electrons. The summed E-state index contributed by atoms with van der Waals surface area (Å²) in [5, 5.41) is 26.4. The van der Waals surface area contributed by atoms with Gasteiger partial charge < -0.3 is 9.84 Å². The van der Waals surface area contributed by atoms with Gasteiger partial charge in [-0.25, -0.2) is 10.2 Å². The number of carbonyl (C=O) groups excluding carboxylic acids is 1. The third-order valence-corrected chi connectivity index (χ3v) is 10.5. The van der Waals surface area contributed by atoms with Crippen molar-refractivity contribution in [3.63, 3.8) is 0 Å². The minimum Gasteiger partial charge on any atom is -0.469 e. The average Bonchev–Trinajstić information content (AvgIpc) is 2.92. The molecule has 0 unspecified atom stereocenters. The number of methoxy groups -OCH3 is 1. The highest BCUT2D eigenvalue weighted by atomic mass is 16.5. The van der Waals surface area contributed by atoms with Crippen molar-refractivity contribution in [1.82, 2.24) is 20.4 Å². The molecule has 218 valence electrons. The lowest BCUT2D eigenvalue weighted by atomic mass is 9.47. The highest BCUT2D eigenvalue weighted by Crippen LogP contribution is 2.65. The van der Waals surface area contributed by atoms with Crippen LogP contribution in [0.3, 0.4) is 0 Å². The number of H-pyrrole nitrogens is 2. The van der Waals surface area contributed by atoms with E-state index in [1.54, 1.807) is 0 Å². The number of nitrogens with one attached hydrogen (secondary N) is 2. The maximum absolute atomic E-state index is 11.8. The summed E-state index contributed by atoms with van der Waals surface area (Å²) in [6, 6.07) is 15.3. The Hall–Kier alpha value is -3.85. The van der Waals surface area contributed by atoms with Crippen molar-refractivity contribution in [2.45, 2.75) is 63.2 Å². The zero-order chi connectivity index (χ0) is 29.1. The van der Waals surface area contributed by atoms with Gasteiger partial charge in [-0.3, -0.25) is 14.4 Å². The smallest absolute Gasteiger partial charge is 0.308 e. The number of carbonyl (C=O) groups is 1. The van der Waals surface area contributed by atoms with Crippen molar-refractivity contribution in [3.8, 4) is 0 Å². The molecule has 0 amide bonds. The quantitative estimate of drug-likeness (QED) is 0.307. The van der Waals surface area contributed by atoms with Crippen LogP contribution in [0.2, 0.25) is 0 Å². The third kappa shape index (κ3) is 4.45. The SMILES string of the molecule is COC(=O)C1CC2(C1)CC(c1n[nH]c(=O)c3ccccc13)C2.O=c1[nH]nc(C2CC3(CC(CO)C3)C2)c2ccccc12. The van der Waals surface area contributed by atoms with E-state index in [-0.39, 0.29) is 23.0 Å². The number of ether oxygens (including phenoxy) is 1. The van der Waals surface area contributed by atoms with E-state index >= 15 is 0 Å². The second-order valence-electron chi connectivity index (χ2n) is 13.3. The topological polar surface area (TPSA) is 138 Å². The predicted molar refractivity (Wildman–Crippen MR) is 158 cm³/mol. The molecule has 2 spiro atoms. The van der Waals surface area contributed by atoms with Crippen LogP contribution in [0, 0.1) is 22.7 Å². The van der Waals surface area contributed by atoms with Crippen LogP contribution < -0.4 is 11.1 Å². The predicted octanol–water partition coefficient (Wildman–Crippen LogP) is 4.56. The molecule has 0 aliphatic heterocycles. The van der Waals surface area contributed by atoms with Gasteiger partial charge in [0.1, 0.15) is 0 Å². The van der Waals surface area contributed by atoms with E-state index in [4.69, 9.17) is 9.84 Å². The zero-order valence-electron chi connectivity index (χ0n) is 23.8. The minimum atomic E-state index is -0.136. The summed E-state index contributed by atoms with van der Waals surface area (Å²) in [6.45, 7) is 0.326. The van der Waals surface area contributed by atoms with E-state index in [1.165, 1.54) is 7.11 Å². The van der Waals surface area contributed by atoms with Gasteiger partial charge in [-0.1, -0.05) is 36.4 Å². The minimum absolute atomic E-state index is 0.0752. The molecule has 42 heavy (non-hydrogen) atoms. The summed E-state index contributed by atoms with van der Waals surface area (Å²) in [5.74, 6) is 1.33. The van der Waals surface area contributed by atoms with Crippen LogP contribution >= 0.6 is 0 Å². The number of fused-ring (bicyclic) bond motifs is 2. The molecule has 3 N–H and O–H groups in total. The van der Waals surface area contributed by atoms with Crippen LogP contribution in [0.4, 0.5) is 0 Å². The molecule has 4 fully saturated rings. The van der Waals surface area contributed by atoms with Gasteiger partial charge in [-0.2, -0.15) is 10.2 Å². The van der Waals surface area contributed by atoms with Crippen LogP contribution in [-0.2, 0) is 9.53 Å². The number of aromatic amines is 2. The fourth-order valence-electron chi connectivity index (χ4n) is 8.53. The van der Waals surface area contributed by atoms with Crippen LogP contribution in [0.25, 0.3) is 21.5 Å². The highest BCUT2D eigenvalue weighted by molar-refractivity contribution is 5.84. The number of aliphatic hydroxyl groups excluding tert-OH is 1. The van der Waals surface area contributed by atoms with Gasteiger partial charge in [0.15, 0.2) is 0 Å². The summed E-state index contributed by atoms with van der Waals surface area (Å²) in [7, 11) is 1.45. The van der Waals surface area contributed by atoms with Crippen LogP contribution in [0.1, 0.15) is 74.6 Å². The summed E-state index contributed by atoms with van der Waals surface area (Å²) in [4.78, 5) is 35.1. The van der Waals surface area contributed by atoms with Crippen molar-refractivity contribution in [3.05, 3.63) is 80.6 Å². The van der Waals surface area contributed by atoms with Crippen molar-refractivity contribution >= 4 is 27.5 Å². The molecule has 9 nitrogen and oxygen atoms in total. The fraction of sp³-hybridized carbons (Fsp3) is 0.485. The molecule has 0 atom stereocenters. The van der Waals surface area contributed by atoms with E-state index in [0.717, 1.165) is 78.9 Å². The molecule has 0 saturated heterocycles. The maximum Gasteiger partial charge on any atom is 0.308 e. The Bertz CT molecular complexity index is 1770. The molecule has 4 aliphatic carbocycles. The Morgan fingerprint density at radius 1 is 0.762 bits per heavy atom. The molecule has 2 heterocycles. The number of benzene rings is 2. The number of aliphatic hydroxyl groups is 1. The van der Waals surface area contributed by atoms with Gasteiger partial charge >= 0.3 is 5.97 Å². The number of rotatable bonds is 4. The van der Waals surface area contributed by atoms with Gasteiger partial charge in [0.2, 0.25) is 0 Å². The van der Waals surface area contributed by atoms with E-state index in [9.17, 15) is 14.4 Å². The Morgan fingerprint density at radius 2 is 1.19 bits per heavy atom. The lowest BCUT2D eigenvalue weighted by Crippen LogP contribution is -2.49. The first-order chi connectivity index (χ1) is 20.3. The van der Waals surface area contributed by atoms with Gasteiger partial charge in [0.05, 0.1) is 35.2 Å². The second-order valence-corrected chi connectivity index (χ2v) is 13.3. The molecule has 4 aliphatic rings. The van der Waals surface area contributed by atoms with E-state index in [2.05, 4.69) is 20.4 Å². The monoisotopic (exact) mass is 568 g/mol. The Morgan fingerprint density at radius 3 is 1.62 bits per heavy atom. The van der Waals surface area contributed by atoms with Gasteiger partial charge in [-0.05, 0) is 80.2 Å². The standard InChI is InChI=1S/C17H18N2O3.C16H18N2O2/c1-22-16(21)11-8-17(9-11)6-10(7-17)14-12-4-2-3-5-13(12)15(20)19-18-14;19-9-10-5-16(6-10)7-11(8-16)14-12-3-1-2-4-13(12)15(20)18-17-14/h2-5,10-11H,6-9H2,1H3,(H,19,20);1-4,10-11,19H,5-9H2,(H,18,20). The van der Waals surface area contributed by atoms with Gasteiger partial charge in [0.25, 0.3) is 11.1 Å². The Labute approximate surface area is 242 Å². The first-order valence-corrected chi connectivity index (χ1v) is 15.0. The number of aromatic nitrogens is 4. The van der Waals surface area contributed by atoms with Crippen molar-refractivity contribution < 1.29 is 14.6 Å².